The van der Waals surface area contributed by atoms with Gasteiger partial charge in [-0.3, -0.25) is 0 Å². The number of aliphatic hydroxyl groups is 1. The molecule has 1 aromatic rings. The minimum absolute atomic E-state index is 0.0914. The molecule has 0 fully saturated rings. The van der Waals surface area contributed by atoms with Crippen LogP contribution in [0.25, 0.3) is 0 Å². The third-order valence-electron chi connectivity index (χ3n) is 2.81. The van der Waals surface area contributed by atoms with Crippen LogP contribution in [-0.4, -0.2) is 36.1 Å². The molecule has 1 atom stereocenters. The molecular weight excluding hydrogens is 315 g/mol. The number of carbonyl (C=O) groups is 1. The largest absolute Gasteiger partial charge is 0.502 e. The molecule has 5 nitrogen and oxygen atoms in total. The van der Waals surface area contributed by atoms with Crippen molar-refractivity contribution in [2.75, 3.05) is 13.2 Å². The Balaban J connectivity index is 2.55. The molecule has 0 saturated carbocycles. The van der Waals surface area contributed by atoms with Crippen LogP contribution in [0.2, 0.25) is 0 Å². The number of alkyl carbamates (subject to hydrolysis) is 1. The van der Waals surface area contributed by atoms with Gasteiger partial charge in [0.15, 0.2) is 5.60 Å². The molecule has 0 unspecified atom stereocenters. The molecule has 0 heterocycles. The van der Waals surface area contributed by atoms with Crippen molar-refractivity contribution in [3.05, 3.63) is 48.2 Å². The van der Waals surface area contributed by atoms with Crippen LogP contribution in [0.15, 0.2) is 42.7 Å². The van der Waals surface area contributed by atoms with Crippen molar-refractivity contribution >= 4 is 6.09 Å². The minimum Gasteiger partial charge on any atom is -0.502 e. The molecule has 0 aliphatic rings. The smallest absolute Gasteiger partial charge is 0.422 e. The van der Waals surface area contributed by atoms with Crippen molar-refractivity contribution in [3.8, 4) is 0 Å². The van der Waals surface area contributed by atoms with E-state index in [1.807, 2.05) is 5.32 Å². The number of amides is 1. The molecular formula is C15H18F3NO4. The summed E-state index contributed by atoms with van der Waals surface area (Å²) < 4.78 is 48.1. The van der Waals surface area contributed by atoms with Gasteiger partial charge in [-0.25, -0.2) is 4.79 Å². The summed E-state index contributed by atoms with van der Waals surface area (Å²) >= 11 is 0. The van der Waals surface area contributed by atoms with Crippen molar-refractivity contribution < 1.29 is 32.5 Å². The Morgan fingerprint density at radius 2 is 1.96 bits per heavy atom. The first-order valence-electron chi connectivity index (χ1n) is 6.81. The average molecular weight is 333 g/mol. The van der Waals surface area contributed by atoms with Gasteiger partial charge in [0.25, 0.3) is 0 Å². The molecule has 0 saturated heterocycles. The van der Waals surface area contributed by atoms with E-state index in [1.54, 1.807) is 37.3 Å². The van der Waals surface area contributed by atoms with E-state index in [9.17, 15) is 23.1 Å². The molecule has 2 N–H and O–H groups in total. The number of hydrogen-bond acceptors (Lipinski definition) is 4. The van der Waals surface area contributed by atoms with Crippen molar-refractivity contribution in [1.82, 2.24) is 5.32 Å². The Hall–Kier alpha value is -2.22. The highest BCUT2D eigenvalue weighted by atomic mass is 19.4. The van der Waals surface area contributed by atoms with Gasteiger partial charge >= 0.3 is 12.3 Å². The normalized spacial score (nSPS) is 14.3. The summed E-state index contributed by atoms with van der Waals surface area (Å²) in [7, 11) is 0. The van der Waals surface area contributed by atoms with E-state index in [0.717, 1.165) is 6.26 Å². The maximum absolute atomic E-state index is 12.9. The summed E-state index contributed by atoms with van der Waals surface area (Å²) in [5, 5.41) is 11.5. The number of nitrogens with one attached hydrogen (secondary N) is 1. The van der Waals surface area contributed by atoms with Gasteiger partial charge < -0.3 is 19.9 Å². The summed E-state index contributed by atoms with van der Waals surface area (Å²) in [5.74, 6) is 0. The van der Waals surface area contributed by atoms with Gasteiger partial charge in [0, 0.05) is 0 Å². The van der Waals surface area contributed by atoms with Gasteiger partial charge in [-0.15, -0.1) is 0 Å². The number of halogens is 3. The Morgan fingerprint density at radius 3 is 2.52 bits per heavy atom. The van der Waals surface area contributed by atoms with Crippen LogP contribution in [0.1, 0.15) is 12.5 Å². The van der Waals surface area contributed by atoms with E-state index in [1.165, 1.54) is 0 Å². The lowest BCUT2D eigenvalue weighted by molar-refractivity contribution is -0.237. The molecule has 0 spiro atoms. The van der Waals surface area contributed by atoms with E-state index in [0.29, 0.717) is 11.6 Å². The molecule has 1 rings (SSSR count). The zero-order valence-electron chi connectivity index (χ0n) is 12.5. The summed E-state index contributed by atoms with van der Waals surface area (Å²) in [6, 6.07) is 8.64. The van der Waals surface area contributed by atoms with Gasteiger partial charge in [-0.05, 0) is 18.6 Å². The number of carbonyl (C=O) groups excluding carboxylic acids is 1. The SMILES string of the molecule is CCO/C=C/[C@](O)(CNC(=O)OCc1ccccc1)C(F)(F)F. The molecule has 0 radical (unpaired) electrons. The standard InChI is InChI=1S/C15H18F3NO4/c1-2-22-9-8-14(21,15(16,17)18)11-19-13(20)23-10-12-6-4-3-5-7-12/h3-9,21H,2,10-11H2,1H3,(H,19,20)/b9-8+/t14-/m0/s1. The topological polar surface area (TPSA) is 67.8 Å². The Bertz CT molecular complexity index is 519. The van der Waals surface area contributed by atoms with Gasteiger partial charge in [0.05, 0.1) is 19.4 Å². The molecule has 128 valence electrons. The lowest BCUT2D eigenvalue weighted by atomic mass is 10.0. The van der Waals surface area contributed by atoms with Crippen LogP contribution >= 0.6 is 0 Å². The summed E-state index contributed by atoms with van der Waals surface area (Å²) in [4.78, 5) is 11.5. The highest BCUT2D eigenvalue weighted by Crippen LogP contribution is 2.31. The monoisotopic (exact) mass is 333 g/mol. The Morgan fingerprint density at radius 1 is 1.30 bits per heavy atom. The third-order valence-corrected chi connectivity index (χ3v) is 2.81. The highest BCUT2D eigenvalue weighted by molar-refractivity contribution is 5.67. The Labute approximate surface area is 131 Å². The lowest BCUT2D eigenvalue weighted by Gasteiger charge is -2.27. The second kappa shape index (κ2) is 8.42. The summed E-state index contributed by atoms with van der Waals surface area (Å²) in [6.45, 7) is 0.548. The molecule has 0 aromatic heterocycles. The van der Waals surface area contributed by atoms with Crippen molar-refractivity contribution in [2.24, 2.45) is 0 Å². The third kappa shape index (κ3) is 6.19. The van der Waals surface area contributed by atoms with Crippen LogP contribution in [0.5, 0.6) is 0 Å². The van der Waals surface area contributed by atoms with Crippen molar-refractivity contribution in [1.29, 1.82) is 0 Å². The molecule has 1 aromatic carbocycles. The number of hydrogen-bond donors (Lipinski definition) is 2. The van der Waals surface area contributed by atoms with E-state index < -0.39 is 24.4 Å². The second-order valence-corrected chi connectivity index (χ2v) is 4.60. The molecule has 23 heavy (non-hydrogen) atoms. The number of alkyl halides is 3. The maximum atomic E-state index is 12.9. The molecule has 0 aliphatic heterocycles. The molecule has 0 bridgehead atoms. The molecule has 8 heteroatoms. The lowest BCUT2D eigenvalue weighted by Crippen LogP contribution is -2.52. The fraction of sp³-hybridized carbons (Fsp3) is 0.400. The predicted molar refractivity (Wildman–Crippen MR) is 76.4 cm³/mol. The maximum Gasteiger partial charge on any atom is 0.422 e. The summed E-state index contributed by atoms with van der Waals surface area (Å²) in [6.07, 6.45) is -4.87. The Kier molecular flexibility index (Phi) is 6.89. The molecule has 0 aliphatic carbocycles. The van der Waals surface area contributed by atoms with Crippen LogP contribution in [-0.2, 0) is 16.1 Å². The van der Waals surface area contributed by atoms with Crippen molar-refractivity contribution in [3.63, 3.8) is 0 Å². The van der Waals surface area contributed by atoms with Crippen LogP contribution in [0.4, 0.5) is 18.0 Å². The van der Waals surface area contributed by atoms with Crippen molar-refractivity contribution in [2.45, 2.75) is 25.3 Å². The van der Waals surface area contributed by atoms with E-state index in [4.69, 9.17) is 4.74 Å². The second-order valence-electron chi connectivity index (χ2n) is 4.60. The zero-order valence-corrected chi connectivity index (χ0v) is 12.5. The first kappa shape index (κ1) is 18.8. The zero-order chi connectivity index (χ0) is 17.3. The van der Waals surface area contributed by atoms with Gasteiger partial charge in [0.2, 0.25) is 0 Å². The van der Waals surface area contributed by atoms with Crippen LogP contribution < -0.4 is 5.32 Å². The molecule has 1 amide bonds. The number of rotatable bonds is 7. The fourth-order valence-electron chi connectivity index (χ4n) is 1.49. The fourth-order valence-corrected chi connectivity index (χ4v) is 1.49. The minimum atomic E-state index is -4.98. The first-order valence-corrected chi connectivity index (χ1v) is 6.81. The quantitative estimate of drug-likeness (QED) is 0.753. The van der Waals surface area contributed by atoms with Crippen LogP contribution in [0, 0.1) is 0 Å². The average Bonchev–Trinajstić information content (AvgIpc) is 2.51. The number of benzene rings is 1. The van der Waals surface area contributed by atoms with Gasteiger partial charge in [-0.2, -0.15) is 13.2 Å². The van der Waals surface area contributed by atoms with E-state index in [-0.39, 0.29) is 13.2 Å². The van der Waals surface area contributed by atoms with Gasteiger partial charge in [-0.1, -0.05) is 30.3 Å². The summed E-state index contributed by atoms with van der Waals surface area (Å²) in [5.41, 5.74) is -2.56. The van der Waals surface area contributed by atoms with Gasteiger partial charge in [0.1, 0.15) is 6.61 Å². The first-order chi connectivity index (χ1) is 10.8. The van der Waals surface area contributed by atoms with Crippen LogP contribution in [0.3, 0.4) is 0 Å². The van der Waals surface area contributed by atoms with E-state index >= 15 is 0 Å². The van der Waals surface area contributed by atoms with E-state index in [2.05, 4.69) is 4.74 Å². The highest BCUT2D eigenvalue weighted by Gasteiger charge is 2.52. The predicted octanol–water partition coefficient (Wildman–Crippen LogP) is 2.76. The number of ether oxygens (including phenoxy) is 2.